The van der Waals surface area contributed by atoms with E-state index in [1.807, 2.05) is 0 Å². The molecule has 0 aliphatic rings. The number of nitrogens with two attached hydrogens (primary N) is 2. The van der Waals surface area contributed by atoms with Crippen molar-refractivity contribution in [1.29, 1.82) is 0 Å². The van der Waals surface area contributed by atoms with Crippen molar-refractivity contribution in [3.63, 3.8) is 0 Å². The maximum Gasteiger partial charge on any atom is 0.271 e. The number of non-ortho nitro benzene ring substituents is 1. The Hall–Kier alpha value is -1.86. The average molecular weight is 274 g/mol. The molecule has 0 fully saturated rings. The Bertz CT molecular complexity index is 466. The Labute approximate surface area is 108 Å². The maximum atomic E-state index is 10.7. The van der Waals surface area contributed by atoms with E-state index in [-0.39, 0.29) is 23.7 Å². The third kappa shape index (κ3) is 3.86. The highest BCUT2D eigenvalue weighted by atomic mass is 35.5. The second-order valence-electron chi connectivity index (χ2n) is 3.52. The number of carbonyl (C=O) groups is 1. The highest BCUT2D eigenvalue weighted by Gasteiger charge is 2.12. The number of hydrogen-bond donors (Lipinski definition) is 2. The number of nitro benzene ring substituents is 1. The largest absolute Gasteiger partial charge is 0.492 e. The van der Waals surface area contributed by atoms with Gasteiger partial charge >= 0.3 is 0 Å². The van der Waals surface area contributed by atoms with Gasteiger partial charge in [-0.05, 0) is 6.07 Å². The molecule has 1 rings (SSSR count). The topological polar surface area (TPSA) is 121 Å². The van der Waals surface area contributed by atoms with E-state index in [9.17, 15) is 14.9 Å². The molecule has 0 bridgehead atoms. The van der Waals surface area contributed by atoms with E-state index in [2.05, 4.69) is 0 Å². The zero-order valence-electron chi connectivity index (χ0n) is 9.34. The van der Waals surface area contributed by atoms with E-state index >= 15 is 0 Å². The molecular weight excluding hydrogens is 262 g/mol. The molecule has 0 radical (unpaired) electrons. The van der Waals surface area contributed by atoms with Crippen LogP contribution in [0, 0.1) is 10.1 Å². The van der Waals surface area contributed by atoms with Crippen LogP contribution >= 0.6 is 11.6 Å². The SMILES string of the molecule is NC(=O)C(N)CCOc1ccc([N+](=O)[O-])cc1Cl. The van der Waals surface area contributed by atoms with Gasteiger partial charge in [0.05, 0.1) is 22.6 Å². The Morgan fingerprint density at radius 3 is 2.72 bits per heavy atom. The summed E-state index contributed by atoms with van der Waals surface area (Å²) in [6, 6.07) is 3.05. The third-order valence-corrected chi connectivity index (χ3v) is 2.47. The van der Waals surface area contributed by atoms with Gasteiger partial charge in [0.15, 0.2) is 0 Å². The molecule has 1 unspecified atom stereocenters. The fourth-order valence-corrected chi connectivity index (χ4v) is 1.39. The van der Waals surface area contributed by atoms with Gasteiger partial charge in [-0.3, -0.25) is 14.9 Å². The summed E-state index contributed by atoms with van der Waals surface area (Å²) < 4.78 is 5.25. The minimum Gasteiger partial charge on any atom is -0.492 e. The van der Waals surface area contributed by atoms with E-state index in [1.165, 1.54) is 18.2 Å². The first-order chi connectivity index (χ1) is 8.41. The van der Waals surface area contributed by atoms with Crippen LogP contribution < -0.4 is 16.2 Å². The molecule has 0 aromatic heterocycles. The van der Waals surface area contributed by atoms with Crippen molar-refractivity contribution >= 4 is 23.2 Å². The van der Waals surface area contributed by atoms with Crippen LogP contribution in [0.3, 0.4) is 0 Å². The van der Waals surface area contributed by atoms with Gasteiger partial charge in [-0.25, -0.2) is 0 Å². The first kappa shape index (κ1) is 14.2. The van der Waals surface area contributed by atoms with E-state index in [0.717, 1.165) is 0 Å². The van der Waals surface area contributed by atoms with Crippen molar-refractivity contribution < 1.29 is 14.5 Å². The molecule has 7 nitrogen and oxygen atoms in total. The molecule has 1 amide bonds. The van der Waals surface area contributed by atoms with E-state index in [0.29, 0.717) is 5.75 Å². The third-order valence-electron chi connectivity index (χ3n) is 2.18. The normalized spacial score (nSPS) is 11.9. The molecule has 0 aliphatic carbocycles. The van der Waals surface area contributed by atoms with Gasteiger partial charge in [-0.1, -0.05) is 11.6 Å². The fourth-order valence-electron chi connectivity index (χ4n) is 1.16. The molecule has 0 aliphatic heterocycles. The molecule has 4 N–H and O–H groups in total. The summed E-state index contributed by atoms with van der Waals surface area (Å²) in [4.78, 5) is 20.6. The molecule has 98 valence electrons. The second kappa shape index (κ2) is 6.18. The Kier molecular flexibility index (Phi) is 4.87. The molecule has 0 saturated carbocycles. The van der Waals surface area contributed by atoms with Gasteiger partial charge in [0, 0.05) is 18.6 Å². The number of rotatable bonds is 6. The van der Waals surface area contributed by atoms with Gasteiger partial charge < -0.3 is 16.2 Å². The Morgan fingerprint density at radius 2 is 2.22 bits per heavy atom. The van der Waals surface area contributed by atoms with Crippen molar-refractivity contribution in [3.8, 4) is 5.75 Å². The van der Waals surface area contributed by atoms with Gasteiger partial charge in [0.1, 0.15) is 5.75 Å². The molecule has 1 aromatic carbocycles. The number of primary amides is 1. The monoisotopic (exact) mass is 273 g/mol. The van der Waals surface area contributed by atoms with E-state index < -0.39 is 16.9 Å². The van der Waals surface area contributed by atoms with Crippen LogP contribution in [0.2, 0.25) is 5.02 Å². The van der Waals surface area contributed by atoms with Crippen molar-refractivity contribution in [2.75, 3.05) is 6.61 Å². The van der Waals surface area contributed by atoms with Crippen molar-refractivity contribution in [3.05, 3.63) is 33.3 Å². The number of benzene rings is 1. The van der Waals surface area contributed by atoms with Crippen LogP contribution in [0.15, 0.2) is 18.2 Å². The van der Waals surface area contributed by atoms with E-state index in [1.54, 1.807) is 0 Å². The molecule has 8 heteroatoms. The lowest BCUT2D eigenvalue weighted by Gasteiger charge is -2.10. The number of nitrogens with zero attached hydrogens (tertiary/aromatic N) is 1. The minimum absolute atomic E-state index is 0.122. The predicted molar refractivity (Wildman–Crippen MR) is 65.4 cm³/mol. The molecule has 18 heavy (non-hydrogen) atoms. The summed E-state index contributed by atoms with van der Waals surface area (Å²) in [5, 5.41) is 10.6. The molecule has 1 aromatic rings. The summed E-state index contributed by atoms with van der Waals surface area (Å²) in [5.74, 6) is -0.327. The minimum atomic E-state index is -0.790. The summed E-state index contributed by atoms with van der Waals surface area (Å²) in [6.07, 6.45) is 0.239. The highest BCUT2D eigenvalue weighted by Crippen LogP contribution is 2.28. The first-order valence-corrected chi connectivity index (χ1v) is 5.41. The molecule has 0 spiro atoms. The van der Waals surface area contributed by atoms with Crippen molar-refractivity contribution in [2.45, 2.75) is 12.5 Å². The fraction of sp³-hybridized carbons (Fsp3) is 0.300. The standard InChI is InChI=1S/C10H12ClN3O4/c11-7-5-6(14(16)17)1-2-9(7)18-4-3-8(12)10(13)15/h1-2,5,8H,3-4,12H2,(H2,13,15). The van der Waals surface area contributed by atoms with Crippen LogP contribution in [0.1, 0.15) is 6.42 Å². The van der Waals surface area contributed by atoms with Crippen LogP contribution in [0.25, 0.3) is 0 Å². The first-order valence-electron chi connectivity index (χ1n) is 5.03. The summed E-state index contributed by atoms with van der Waals surface area (Å²) in [5.41, 5.74) is 10.3. The van der Waals surface area contributed by atoms with Crippen LogP contribution in [-0.2, 0) is 4.79 Å². The Morgan fingerprint density at radius 1 is 1.56 bits per heavy atom. The predicted octanol–water partition coefficient (Wildman–Crippen LogP) is 0.830. The van der Waals surface area contributed by atoms with E-state index in [4.69, 9.17) is 27.8 Å². The van der Waals surface area contributed by atoms with Gasteiger partial charge in [0.25, 0.3) is 5.69 Å². The number of hydrogen-bond acceptors (Lipinski definition) is 5. The summed E-state index contributed by atoms with van der Waals surface area (Å²) >= 11 is 5.80. The van der Waals surface area contributed by atoms with Gasteiger partial charge in [-0.2, -0.15) is 0 Å². The maximum absolute atomic E-state index is 10.7. The quantitative estimate of drug-likeness (QED) is 0.587. The van der Waals surface area contributed by atoms with Crippen LogP contribution in [0.4, 0.5) is 5.69 Å². The summed E-state index contributed by atoms with van der Waals surface area (Å²) in [6.45, 7) is 0.141. The van der Waals surface area contributed by atoms with Crippen molar-refractivity contribution in [1.82, 2.24) is 0 Å². The Balaban J connectivity index is 2.58. The van der Waals surface area contributed by atoms with Crippen LogP contribution in [0.5, 0.6) is 5.75 Å². The zero-order chi connectivity index (χ0) is 13.7. The molecule has 0 heterocycles. The number of nitro groups is 1. The van der Waals surface area contributed by atoms with Gasteiger partial charge in [0.2, 0.25) is 5.91 Å². The number of ether oxygens (including phenoxy) is 1. The highest BCUT2D eigenvalue weighted by molar-refractivity contribution is 6.32. The van der Waals surface area contributed by atoms with Crippen molar-refractivity contribution in [2.24, 2.45) is 11.5 Å². The lowest BCUT2D eigenvalue weighted by molar-refractivity contribution is -0.384. The lowest BCUT2D eigenvalue weighted by Crippen LogP contribution is -2.37. The number of carbonyl (C=O) groups excluding carboxylic acids is 1. The lowest BCUT2D eigenvalue weighted by atomic mass is 10.2. The number of halogens is 1. The average Bonchev–Trinajstić information content (AvgIpc) is 2.30. The second-order valence-corrected chi connectivity index (χ2v) is 3.93. The molecule has 0 saturated heterocycles. The summed E-state index contributed by atoms with van der Waals surface area (Å²) in [7, 11) is 0. The van der Waals surface area contributed by atoms with Gasteiger partial charge in [-0.15, -0.1) is 0 Å². The molecule has 1 atom stereocenters. The smallest absolute Gasteiger partial charge is 0.271 e. The number of amides is 1. The molecular formula is C10H12ClN3O4. The zero-order valence-corrected chi connectivity index (χ0v) is 10.1. The van der Waals surface area contributed by atoms with Crippen LogP contribution in [-0.4, -0.2) is 23.5 Å².